The Bertz CT molecular complexity index is 1350. The molecule has 3 aliphatic rings. The monoisotopic (exact) mass is 643 g/mol. The molecular formula is C28H35BF3N2O9S. The van der Waals surface area contributed by atoms with E-state index in [0.29, 0.717) is 51.0 Å². The molecule has 5 N–H and O–H groups in total. The lowest BCUT2D eigenvalue weighted by Crippen LogP contribution is -2.26. The molecule has 5 rings (SSSR count). The van der Waals surface area contributed by atoms with Gasteiger partial charge in [0.15, 0.2) is 0 Å². The Morgan fingerprint density at radius 2 is 1.41 bits per heavy atom. The third-order valence-electron chi connectivity index (χ3n) is 5.74. The van der Waals surface area contributed by atoms with Gasteiger partial charge in [-0.1, -0.05) is 24.3 Å². The minimum atomic E-state index is -5.52. The minimum Gasteiger partial charge on any atom is -0.537 e. The van der Waals surface area contributed by atoms with Crippen LogP contribution < -0.4 is 16.1 Å². The highest BCUT2D eigenvalue weighted by molar-refractivity contribution is 7.87. The molecule has 11 nitrogen and oxygen atoms in total. The molecule has 2 aromatic carbocycles. The highest BCUT2D eigenvalue weighted by Gasteiger charge is 2.48. The molecule has 1 fully saturated rings. The van der Waals surface area contributed by atoms with E-state index in [-0.39, 0.29) is 25.4 Å². The van der Waals surface area contributed by atoms with E-state index >= 15 is 0 Å². The van der Waals surface area contributed by atoms with Gasteiger partial charge in [-0.15, -0.1) is 0 Å². The van der Waals surface area contributed by atoms with Crippen LogP contribution in [0.15, 0.2) is 66.4 Å². The fraction of sp³-hybridized carbons (Fsp3) is 0.393. The molecule has 2 aromatic rings. The van der Waals surface area contributed by atoms with Crippen molar-refractivity contribution in [3.8, 4) is 5.75 Å². The van der Waals surface area contributed by atoms with Crippen LogP contribution in [0, 0.1) is 0 Å². The van der Waals surface area contributed by atoms with E-state index in [1.807, 2.05) is 18.2 Å². The maximum atomic E-state index is 11.8. The number of anilines is 2. The van der Waals surface area contributed by atoms with Crippen LogP contribution in [0.4, 0.5) is 24.5 Å². The summed E-state index contributed by atoms with van der Waals surface area (Å²) in [5.74, 6) is 0.641. The van der Waals surface area contributed by atoms with Gasteiger partial charge in [-0.25, -0.2) is 0 Å². The van der Waals surface area contributed by atoms with Crippen molar-refractivity contribution in [2.24, 2.45) is 0 Å². The fourth-order valence-electron chi connectivity index (χ4n) is 3.55. The SMILES string of the molecule is Nc1cccc(C2=CCOCC2)c1.Nc1cccc(O[B]O)c1.O=C1CCOCC1.O=S(=O)(OC1=CCOCC1)C(F)(F)F. The number of carbonyl (C=O) groups excluding carboxylic acids is 1. The molecule has 0 unspecified atom stereocenters. The highest BCUT2D eigenvalue weighted by Crippen LogP contribution is 2.28. The first-order chi connectivity index (χ1) is 20.9. The summed E-state index contributed by atoms with van der Waals surface area (Å²) in [4.78, 5) is 10.4. The summed E-state index contributed by atoms with van der Waals surface area (Å²) in [6.07, 6.45) is 5.55. The zero-order valence-electron chi connectivity index (χ0n) is 23.8. The summed E-state index contributed by atoms with van der Waals surface area (Å²) in [6.45, 7) is 3.03. The van der Waals surface area contributed by atoms with Crippen molar-refractivity contribution < 1.29 is 54.5 Å². The number of Topliss-reactive ketones (excluding diaryl/α,β-unsaturated/α-hetero) is 1. The number of nitrogen functional groups attached to an aromatic ring is 2. The summed E-state index contributed by atoms with van der Waals surface area (Å²) >= 11 is 0. The zero-order chi connectivity index (χ0) is 32.4. The number of ether oxygens (including phenoxy) is 3. The van der Waals surface area contributed by atoms with Gasteiger partial charge >= 0.3 is 23.3 Å². The molecule has 1 saturated heterocycles. The van der Waals surface area contributed by atoms with Crippen LogP contribution in [0.1, 0.15) is 31.2 Å². The van der Waals surface area contributed by atoms with Gasteiger partial charge in [0, 0.05) is 36.7 Å². The maximum Gasteiger partial charge on any atom is 0.569 e. The zero-order valence-corrected chi connectivity index (χ0v) is 24.6. The van der Waals surface area contributed by atoms with Gasteiger partial charge in [-0.2, -0.15) is 21.6 Å². The summed E-state index contributed by atoms with van der Waals surface area (Å²) in [6, 6.07) is 14.8. The summed E-state index contributed by atoms with van der Waals surface area (Å²) in [5, 5.41) is 8.22. The van der Waals surface area contributed by atoms with Crippen LogP contribution in [0.25, 0.3) is 5.57 Å². The average Bonchev–Trinajstić information content (AvgIpc) is 2.99. The van der Waals surface area contributed by atoms with Gasteiger partial charge in [0.05, 0.1) is 39.6 Å². The van der Waals surface area contributed by atoms with Crippen molar-refractivity contribution >= 4 is 40.5 Å². The lowest BCUT2D eigenvalue weighted by molar-refractivity contribution is -0.124. The van der Waals surface area contributed by atoms with E-state index in [2.05, 4.69) is 21.0 Å². The first kappa shape index (κ1) is 36.6. The number of ketones is 1. The largest absolute Gasteiger partial charge is 0.569 e. The molecule has 16 heteroatoms. The number of hydrogen-bond donors (Lipinski definition) is 3. The lowest BCUT2D eigenvalue weighted by atomic mass is 10.0. The van der Waals surface area contributed by atoms with Crippen LogP contribution in [0.2, 0.25) is 0 Å². The number of hydrogen-bond acceptors (Lipinski definition) is 11. The second-order valence-corrected chi connectivity index (χ2v) is 10.6. The van der Waals surface area contributed by atoms with Crippen LogP contribution in [0.3, 0.4) is 0 Å². The van der Waals surface area contributed by atoms with Crippen molar-refractivity contribution in [2.45, 2.75) is 31.2 Å². The molecule has 241 valence electrons. The second-order valence-electron chi connectivity index (χ2n) is 9.11. The molecule has 0 bridgehead atoms. The molecule has 1 radical (unpaired) electrons. The molecule has 0 aliphatic carbocycles. The Balaban J connectivity index is 0.000000210. The minimum absolute atomic E-state index is 0.0231. The standard InChI is InChI=1S/C11H13NO.C6H7BNO2.C6H7F3O4S.C5H8O2/c12-11-3-1-2-10(8-11)9-4-6-13-7-5-9;8-5-2-1-3-6(4-5)10-7-9;7-6(8,9)14(10,11)13-5-1-3-12-4-2-5;6-5-1-3-7-4-2-5/h1-4,8H,5-7,12H2;1-4,9H,8H2;1H,2-4H2;1-4H2. The molecule has 44 heavy (non-hydrogen) atoms. The van der Waals surface area contributed by atoms with Crippen LogP contribution in [-0.2, 0) is 33.3 Å². The molecule has 0 atom stereocenters. The third kappa shape index (κ3) is 14.3. The van der Waals surface area contributed by atoms with Crippen molar-refractivity contribution in [3.05, 3.63) is 72.0 Å². The molecule has 0 amide bonds. The molecule has 0 spiro atoms. The third-order valence-corrected chi connectivity index (χ3v) is 6.74. The van der Waals surface area contributed by atoms with Gasteiger partial charge in [0.2, 0.25) is 0 Å². The van der Waals surface area contributed by atoms with Crippen molar-refractivity contribution in [1.29, 1.82) is 0 Å². The van der Waals surface area contributed by atoms with Crippen LogP contribution in [0.5, 0.6) is 5.75 Å². The van der Waals surface area contributed by atoms with Crippen molar-refractivity contribution in [2.75, 3.05) is 51.1 Å². The highest BCUT2D eigenvalue weighted by atomic mass is 32.2. The second kappa shape index (κ2) is 19.0. The predicted octanol–water partition coefficient (Wildman–Crippen LogP) is 3.77. The van der Waals surface area contributed by atoms with Crippen molar-refractivity contribution in [1.82, 2.24) is 0 Å². The van der Waals surface area contributed by atoms with E-state index in [4.69, 9.17) is 30.7 Å². The molecule has 0 saturated carbocycles. The quantitative estimate of drug-likeness (QED) is 0.188. The van der Waals surface area contributed by atoms with Gasteiger partial charge in [-0.3, -0.25) is 4.79 Å². The van der Waals surface area contributed by atoms with Crippen LogP contribution in [-0.4, -0.2) is 72.1 Å². The Morgan fingerprint density at radius 1 is 0.818 bits per heavy atom. The van der Waals surface area contributed by atoms with Gasteiger partial charge in [-0.05, 0) is 47.9 Å². The van der Waals surface area contributed by atoms with Gasteiger partial charge in [0.1, 0.15) is 17.3 Å². The molecular weight excluding hydrogens is 608 g/mol. The number of halogens is 3. The first-order valence-corrected chi connectivity index (χ1v) is 14.8. The van der Waals surface area contributed by atoms with E-state index < -0.39 is 15.6 Å². The summed E-state index contributed by atoms with van der Waals surface area (Å²) < 4.78 is 79.9. The number of carbonyl (C=O) groups is 1. The first-order valence-electron chi connectivity index (χ1n) is 13.4. The molecule has 3 heterocycles. The number of nitrogens with two attached hydrogens (primary N) is 2. The Kier molecular flexibility index (Phi) is 15.8. The Labute approximate surface area is 255 Å². The number of alkyl halides is 3. The Hall–Kier alpha value is -3.57. The van der Waals surface area contributed by atoms with Gasteiger partial charge < -0.3 is 39.5 Å². The number of benzene rings is 2. The Morgan fingerprint density at radius 3 is 1.89 bits per heavy atom. The molecule has 0 aromatic heterocycles. The smallest absolute Gasteiger partial charge is 0.537 e. The predicted molar refractivity (Wildman–Crippen MR) is 158 cm³/mol. The topological polar surface area (TPSA) is 170 Å². The maximum absolute atomic E-state index is 11.8. The van der Waals surface area contributed by atoms with Crippen molar-refractivity contribution in [3.63, 3.8) is 0 Å². The normalized spacial score (nSPS) is 16.6. The van der Waals surface area contributed by atoms with E-state index in [9.17, 15) is 26.4 Å². The summed E-state index contributed by atoms with van der Waals surface area (Å²) in [7, 11) is -4.90. The van der Waals surface area contributed by atoms with E-state index in [1.54, 1.807) is 24.3 Å². The average molecular weight is 643 g/mol. The number of rotatable bonds is 5. The van der Waals surface area contributed by atoms with Crippen LogP contribution >= 0.6 is 0 Å². The lowest BCUT2D eigenvalue weighted by Gasteiger charge is -2.15. The fourth-order valence-corrected chi connectivity index (χ4v) is 4.08. The van der Waals surface area contributed by atoms with E-state index in [0.717, 1.165) is 31.4 Å². The summed E-state index contributed by atoms with van der Waals surface area (Å²) in [5.41, 5.74) is 9.74. The van der Waals surface area contributed by atoms with E-state index in [1.165, 1.54) is 11.1 Å². The van der Waals surface area contributed by atoms with Gasteiger partial charge in [0.25, 0.3) is 0 Å². The molecule has 3 aliphatic heterocycles.